The van der Waals surface area contributed by atoms with E-state index in [-0.39, 0.29) is 42.3 Å². The Labute approximate surface area is 155 Å². The van der Waals surface area contributed by atoms with Crippen LogP contribution in [0.15, 0.2) is 0 Å². The van der Waals surface area contributed by atoms with Crippen molar-refractivity contribution in [2.45, 2.75) is 71.9 Å². The van der Waals surface area contributed by atoms with Crippen LogP contribution in [0.3, 0.4) is 0 Å². The molecule has 6 heteroatoms. The summed E-state index contributed by atoms with van der Waals surface area (Å²) in [6.07, 6.45) is 4.60. The number of hydrogen-bond acceptors (Lipinski definition) is 3. The van der Waals surface area contributed by atoms with Gasteiger partial charge in [0.15, 0.2) is 0 Å². The first-order valence-electron chi connectivity index (χ1n) is 8.54. The molecule has 2 atom stereocenters. The summed E-state index contributed by atoms with van der Waals surface area (Å²) in [5.74, 6) is 1.24. The van der Waals surface area contributed by atoms with E-state index in [1.807, 2.05) is 0 Å². The first-order chi connectivity index (χ1) is 9.76. The second-order valence-electron chi connectivity index (χ2n) is 7.63. The lowest BCUT2D eigenvalue weighted by Crippen LogP contribution is -2.56. The molecule has 1 rings (SSSR count). The summed E-state index contributed by atoms with van der Waals surface area (Å²) < 4.78 is 0. The van der Waals surface area contributed by atoms with Gasteiger partial charge in [0.1, 0.15) is 0 Å². The number of carbonyl (C=O) groups is 1. The molecule has 0 aromatic heterocycles. The molecule has 0 saturated carbocycles. The van der Waals surface area contributed by atoms with Crippen LogP contribution in [0.1, 0.15) is 60.3 Å². The van der Waals surface area contributed by atoms with Gasteiger partial charge in [0.2, 0.25) is 5.91 Å². The third kappa shape index (κ3) is 8.57. The SMILES string of the molecule is CCC1CCCN(C(C)(C)CNC(=O)[C@@H](N)CC(C)C)C1.Cl.Cl. The largest absolute Gasteiger partial charge is 0.353 e. The van der Waals surface area contributed by atoms with Gasteiger partial charge in [-0.1, -0.05) is 27.2 Å². The van der Waals surface area contributed by atoms with Crippen molar-refractivity contribution in [1.29, 1.82) is 0 Å². The summed E-state index contributed by atoms with van der Waals surface area (Å²) in [6.45, 7) is 13.9. The molecular formula is C17H37Cl2N3O. The number of nitrogens with two attached hydrogens (primary N) is 1. The lowest BCUT2D eigenvalue weighted by atomic mass is 9.91. The lowest BCUT2D eigenvalue weighted by molar-refractivity contribution is -0.123. The molecule has 0 spiro atoms. The third-order valence-electron chi connectivity index (χ3n) is 4.71. The maximum absolute atomic E-state index is 12.1. The Morgan fingerprint density at radius 2 is 1.96 bits per heavy atom. The van der Waals surface area contributed by atoms with Gasteiger partial charge >= 0.3 is 0 Å². The molecule has 1 aliphatic rings. The molecule has 23 heavy (non-hydrogen) atoms. The van der Waals surface area contributed by atoms with E-state index in [2.05, 4.69) is 44.8 Å². The van der Waals surface area contributed by atoms with E-state index >= 15 is 0 Å². The van der Waals surface area contributed by atoms with Crippen molar-refractivity contribution in [2.24, 2.45) is 17.6 Å². The van der Waals surface area contributed by atoms with E-state index in [1.54, 1.807) is 0 Å². The minimum Gasteiger partial charge on any atom is -0.353 e. The molecule has 0 aliphatic carbocycles. The van der Waals surface area contributed by atoms with Crippen LogP contribution in [0.2, 0.25) is 0 Å². The first kappa shape index (κ1) is 25.2. The van der Waals surface area contributed by atoms with Crippen LogP contribution in [0, 0.1) is 11.8 Å². The van der Waals surface area contributed by atoms with Crippen LogP contribution in [-0.4, -0.2) is 42.0 Å². The Kier molecular flexibility index (Phi) is 12.6. The van der Waals surface area contributed by atoms with Crippen molar-refractivity contribution in [3.05, 3.63) is 0 Å². The number of carbonyl (C=O) groups excluding carboxylic acids is 1. The molecule has 0 radical (unpaired) electrons. The quantitative estimate of drug-likeness (QED) is 0.723. The van der Waals surface area contributed by atoms with Gasteiger partial charge in [-0.3, -0.25) is 9.69 Å². The Balaban J connectivity index is 0. The molecule has 0 bridgehead atoms. The number of rotatable bonds is 7. The number of halogens is 2. The molecule has 0 aromatic carbocycles. The van der Waals surface area contributed by atoms with Crippen LogP contribution in [0.25, 0.3) is 0 Å². The highest BCUT2D eigenvalue weighted by Crippen LogP contribution is 2.25. The minimum absolute atomic E-state index is 0. The van der Waals surface area contributed by atoms with Gasteiger partial charge in [-0.15, -0.1) is 24.8 Å². The predicted octanol–water partition coefficient (Wildman–Crippen LogP) is 3.22. The maximum Gasteiger partial charge on any atom is 0.236 e. The fourth-order valence-electron chi connectivity index (χ4n) is 3.11. The van der Waals surface area contributed by atoms with Crippen molar-refractivity contribution in [3.8, 4) is 0 Å². The van der Waals surface area contributed by atoms with Crippen LogP contribution in [0.5, 0.6) is 0 Å². The van der Waals surface area contributed by atoms with Crippen molar-refractivity contribution in [1.82, 2.24) is 10.2 Å². The van der Waals surface area contributed by atoms with E-state index in [0.717, 1.165) is 25.4 Å². The molecule has 1 saturated heterocycles. The normalized spacial score (nSPS) is 20.4. The monoisotopic (exact) mass is 369 g/mol. The highest BCUT2D eigenvalue weighted by Gasteiger charge is 2.31. The smallest absolute Gasteiger partial charge is 0.236 e. The summed E-state index contributed by atoms with van der Waals surface area (Å²) >= 11 is 0. The van der Waals surface area contributed by atoms with Crippen LogP contribution < -0.4 is 11.1 Å². The number of nitrogens with zero attached hydrogens (tertiary/aromatic N) is 1. The molecule has 1 amide bonds. The van der Waals surface area contributed by atoms with Crippen molar-refractivity contribution in [3.63, 3.8) is 0 Å². The highest BCUT2D eigenvalue weighted by atomic mass is 35.5. The fourth-order valence-corrected chi connectivity index (χ4v) is 3.11. The number of nitrogens with one attached hydrogen (secondary N) is 1. The molecule has 1 aliphatic heterocycles. The number of piperidine rings is 1. The van der Waals surface area contributed by atoms with Crippen LogP contribution in [0.4, 0.5) is 0 Å². The predicted molar refractivity (Wildman–Crippen MR) is 104 cm³/mol. The molecule has 3 N–H and O–H groups in total. The zero-order valence-electron chi connectivity index (χ0n) is 15.4. The fraction of sp³-hybridized carbons (Fsp3) is 0.941. The van der Waals surface area contributed by atoms with Gasteiger partial charge in [-0.2, -0.15) is 0 Å². The molecule has 140 valence electrons. The summed E-state index contributed by atoms with van der Waals surface area (Å²) in [4.78, 5) is 14.6. The molecule has 1 heterocycles. The lowest BCUT2D eigenvalue weighted by Gasteiger charge is -2.43. The topological polar surface area (TPSA) is 58.4 Å². The van der Waals surface area contributed by atoms with Gasteiger partial charge < -0.3 is 11.1 Å². The average Bonchev–Trinajstić information content (AvgIpc) is 2.44. The van der Waals surface area contributed by atoms with E-state index in [0.29, 0.717) is 12.5 Å². The molecule has 1 unspecified atom stereocenters. The molecular weight excluding hydrogens is 333 g/mol. The first-order valence-corrected chi connectivity index (χ1v) is 8.54. The van der Waals surface area contributed by atoms with Crippen molar-refractivity contribution < 1.29 is 4.79 Å². The summed E-state index contributed by atoms with van der Waals surface area (Å²) in [7, 11) is 0. The molecule has 0 aromatic rings. The number of hydrogen-bond donors (Lipinski definition) is 2. The molecule has 4 nitrogen and oxygen atoms in total. The van der Waals surface area contributed by atoms with Gasteiger partial charge in [-0.25, -0.2) is 0 Å². The molecule has 1 fully saturated rings. The van der Waals surface area contributed by atoms with Crippen molar-refractivity contribution in [2.75, 3.05) is 19.6 Å². The van der Waals surface area contributed by atoms with Crippen LogP contribution >= 0.6 is 24.8 Å². The van der Waals surface area contributed by atoms with Gasteiger partial charge in [0.05, 0.1) is 6.04 Å². The standard InChI is InChI=1S/C17H35N3O.2ClH/c1-6-14-8-7-9-20(11-14)17(4,5)12-19-16(21)15(18)10-13(2)3;;/h13-15H,6-12,18H2,1-5H3,(H,19,21);2*1H/t14?,15-;;/m0../s1. The van der Waals surface area contributed by atoms with Gasteiger partial charge in [0.25, 0.3) is 0 Å². The maximum atomic E-state index is 12.1. The van der Waals surface area contributed by atoms with Gasteiger partial charge in [0, 0.05) is 18.6 Å². The van der Waals surface area contributed by atoms with E-state index < -0.39 is 0 Å². The number of amides is 1. The Morgan fingerprint density at radius 1 is 1.35 bits per heavy atom. The van der Waals surface area contributed by atoms with E-state index in [1.165, 1.54) is 19.3 Å². The summed E-state index contributed by atoms with van der Waals surface area (Å²) in [6, 6.07) is -0.384. The summed E-state index contributed by atoms with van der Waals surface area (Å²) in [5.41, 5.74) is 5.94. The third-order valence-corrected chi connectivity index (χ3v) is 4.71. The Hall–Kier alpha value is -0.0300. The van der Waals surface area contributed by atoms with Crippen molar-refractivity contribution >= 4 is 30.7 Å². The van der Waals surface area contributed by atoms with E-state index in [9.17, 15) is 4.79 Å². The minimum atomic E-state index is -0.384. The van der Waals surface area contributed by atoms with Gasteiger partial charge in [-0.05, 0) is 51.5 Å². The van der Waals surface area contributed by atoms with E-state index in [4.69, 9.17) is 5.73 Å². The second kappa shape index (κ2) is 11.5. The zero-order chi connectivity index (χ0) is 16.0. The Morgan fingerprint density at radius 3 is 2.48 bits per heavy atom. The zero-order valence-corrected chi connectivity index (χ0v) is 17.1. The van der Waals surface area contributed by atoms with Crippen LogP contribution in [-0.2, 0) is 4.79 Å². The highest BCUT2D eigenvalue weighted by molar-refractivity contribution is 5.85. The second-order valence-corrected chi connectivity index (χ2v) is 7.63. The Bertz CT molecular complexity index is 338. The summed E-state index contributed by atoms with van der Waals surface area (Å²) in [5, 5.41) is 3.05. The average molecular weight is 370 g/mol. The number of likely N-dealkylation sites (tertiary alicyclic amines) is 1.